The van der Waals surface area contributed by atoms with E-state index in [9.17, 15) is 0 Å². The first-order valence-electron chi connectivity index (χ1n) is 4.94. The minimum Gasteiger partial charge on any atom is -0.364 e. The van der Waals surface area contributed by atoms with Gasteiger partial charge in [0.2, 0.25) is 0 Å². The third-order valence-electron chi connectivity index (χ3n) is 2.35. The number of hydrogen-bond acceptors (Lipinski definition) is 3. The highest BCUT2D eigenvalue weighted by atomic mass is 16.5. The molecule has 0 saturated heterocycles. The monoisotopic (exact) mass is 205 g/mol. The number of aromatic nitrogens is 3. The Morgan fingerprint density at radius 1 is 1.27 bits per heavy atom. The number of nitrogens with zero attached hydrogens (tertiary/aromatic N) is 3. The third kappa shape index (κ3) is 1.79. The fourth-order valence-electron chi connectivity index (χ4n) is 1.64. The molecule has 80 valence electrons. The van der Waals surface area contributed by atoms with E-state index in [-0.39, 0.29) is 5.41 Å². The Balaban J connectivity index is 2.47. The summed E-state index contributed by atoms with van der Waals surface area (Å²) in [6.45, 7) is 6.49. The van der Waals surface area contributed by atoms with Crippen molar-refractivity contribution in [1.82, 2.24) is 14.9 Å². The first-order chi connectivity index (χ1) is 6.98. The molecule has 15 heavy (non-hydrogen) atoms. The van der Waals surface area contributed by atoms with Crippen molar-refractivity contribution in [3.8, 4) is 11.4 Å². The van der Waals surface area contributed by atoms with Gasteiger partial charge in [0.15, 0.2) is 0 Å². The van der Waals surface area contributed by atoms with Gasteiger partial charge in [-0.2, -0.15) is 5.10 Å². The van der Waals surface area contributed by atoms with E-state index in [4.69, 9.17) is 4.52 Å². The Kier molecular flexibility index (Phi) is 2.14. The second-order valence-corrected chi connectivity index (χ2v) is 4.67. The van der Waals surface area contributed by atoms with Crippen molar-refractivity contribution in [1.29, 1.82) is 0 Å². The summed E-state index contributed by atoms with van der Waals surface area (Å²) in [5.74, 6) is 0. The van der Waals surface area contributed by atoms with Crippen molar-refractivity contribution in [2.75, 3.05) is 0 Å². The Morgan fingerprint density at radius 3 is 2.47 bits per heavy atom. The second kappa shape index (κ2) is 3.22. The molecule has 2 aromatic heterocycles. The molecule has 2 heterocycles. The van der Waals surface area contributed by atoms with Gasteiger partial charge in [-0.1, -0.05) is 25.9 Å². The Labute approximate surface area is 88.9 Å². The van der Waals surface area contributed by atoms with Gasteiger partial charge in [0.05, 0.1) is 0 Å². The minimum atomic E-state index is 0.0870. The summed E-state index contributed by atoms with van der Waals surface area (Å²) >= 11 is 0. The SMILES string of the molecule is Cn1nc(-c2ccon2)cc1C(C)(C)C. The van der Waals surface area contributed by atoms with Crippen LogP contribution < -0.4 is 0 Å². The van der Waals surface area contributed by atoms with Crippen molar-refractivity contribution < 1.29 is 4.52 Å². The predicted octanol–water partition coefficient (Wildman–Crippen LogP) is 2.37. The summed E-state index contributed by atoms with van der Waals surface area (Å²) in [5.41, 5.74) is 2.90. The molecule has 0 aliphatic carbocycles. The molecule has 0 spiro atoms. The molecule has 4 heteroatoms. The van der Waals surface area contributed by atoms with Crippen molar-refractivity contribution >= 4 is 0 Å². The molecule has 2 rings (SSSR count). The van der Waals surface area contributed by atoms with Crippen LogP contribution in [0.1, 0.15) is 26.5 Å². The maximum Gasteiger partial charge on any atom is 0.134 e. The van der Waals surface area contributed by atoms with Gasteiger partial charge >= 0.3 is 0 Å². The van der Waals surface area contributed by atoms with E-state index >= 15 is 0 Å². The molecule has 0 fully saturated rings. The van der Waals surface area contributed by atoms with Crippen LogP contribution in [-0.4, -0.2) is 14.9 Å². The summed E-state index contributed by atoms with van der Waals surface area (Å²) in [6.07, 6.45) is 1.56. The lowest BCUT2D eigenvalue weighted by atomic mass is 9.92. The fraction of sp³-hybridized carbons (Fsp3) is 0.455. The van der Waals surface area contributed by atoms with Gasteiger partial charge in [-0.05, 0) is 6.07 Å². The molecular formula is C11H15N3O. The highest BCUT2D eigenvalue weighted by Crippen LogP contribution is 2.25. The molecule has 2 aromatic rings. The first-order valence-corrected chi connectivity index (χ1v) is 4.94. The van der Waals surface area contributed by atoms with Gasteiger partial charge in [0, 0.05) is 24.2 Å². The smallest absolute Gasteiger partial charge is 0.134 e. The van der Waals surface area contributed by atoms with E-state index < -0.39 is 0 Å². The molecule has 0 aliphatic heterocycles. The molecule has 0 amide bonds. The van der Waals surface area contributed by atoms with Crippen LogP contribution in [0.4, 0.5) is 0 Å². The average molecular weight is 205 g/mol. The average Bonchev–Trinajstić information content (AvgIpc) is 2.68. The fourth-order valence-corrected chi connectivity index (χ4v) is 1.64. The number of aryl methyl sites for hydroxylation is 1. The lowest BCUT2D eigenvalue weighted by Gasteiger charge is -2.17. The Bertz CT molecular complexity index is 449. The Morgan fingerprint density at radius 2 is 2.00 bits per heavy atom. The molecule has 0 bridgehead atoms. The lowest BCUT2D eigenvalue weighted by molar-refractivity contribution is 0.422. The molecule has 0 atom stereocenters. The molecule has 0 unspecified atom stereocenters. The zero-order chi connectivity index (χ0) is 11.1. The normalized spacial score (nSPS) is 12.0. The van der Waals surface area contributed by atoms with Gasteiger partial charge in [-0.3, -0.25) is 4.68 Å². The van der Waals surface area contributed by atoms with Crippen molar-refractivity contribution in [3.63, 3.8) is 0 Å². The largest absolute Gasteiger partial charge is 0.364 e. The van der Waals surface area contributed by atoms with E-state index in [1.54, 1.807) is 6.26 Å². The van der Waals surface area contributed by atoms with Crippen molar-refractivity contribution in [3.05, 3.63) is 24.1 Å². The van der Waals surface area contributed by atoms with Crippen LogP contribution in [0.2, 0.25) is 0 Å². The minimum absolute atomic E-state index is 0.0870. The maximum absolute atomic E-state index is 4.80. The van der Waals surface area contributed by atoms with Crippen LogP contribution in [0.25, 0.3) is 11.4 Å². The second-order valence-electron chi connectivity index (χ2n) is 4.67. The molecule has 0 radical (unpaired) electrons. The van der Waals surface area contributed by atoms with Crippen LogP contribution in [0.3, 0.4) is 0 Å². The van der Waals surface area contributed by atoms with Gasteiger partial charge in [0.1, 0.15) is 17.7 Å². The molecule has 0 saturated carbocycles. The van der Waals surface area contributed by atoms with Gasteiger partial charge in [0.25, 0.3) is 0 Å². The van der Waals surface area contributed by atoms with Gasteiger partial charge in [-0.25, -0.2) is 0 Å². The summed E-state index contributed by atoms with van der Waals surface area (Å²) in [4.78, 5) is 0. The van der Waals surface area contributed by atoms with E-state index in [0.29, 0.717) is 0 Å². The topological polar surface area (TPSA) is 43.9 Å². The standard InChI is InChI=1S/C11H15N3O/c1-11(2,3)10-7-9(12-14(10)4)8-5-6-15-13-8/h5-7H,1-4H3. The zero-order valence-corrected chi connectivity index (χ0v) is 9.48. The van der Waals surface area contributed by atoms with E-state index in [2.05, 4.69) is 37.1 Å². The van der Waals surface area contributed by atoms with Gasteiger partial charge in [-0.15, -0.1) is 0 Å². The molecule has 0 aliphatic rings. The van der Waals surface area contributed by atoms with Crippen molar-refractivity contribution in [2.45, 2.75) is 26.2 Å². The highest BCUT2D eigenvalue weighted by Gasteiger charge is 2.20. The van der Waals surface area contributed by atoms with Crippen LogP contribution in [0, 0.1) is 0 Å². The third-order valence-corrected chi connectivity index (χ3v) is 2.35. The van der Waals surface area contributed by atoms with Crippen LogP contribution >= 0.6 is 0 Å². The van der Waals surface area contributed by atoms with Crippen LogP contribution in [0.15, 0.2) is 22.9 Å². The quantitative estimate of drug-likeness (QED) is 0.717. The first kappa shape index (κ1) is 9.96. The van der Waals surface area contributed by atoms with Crippen LogP contribution in [0.5, 0.6) is 0 Å². The predicted molar refractivity (Wildman–Crippen MR) is 57.4 cm³/mol. The molecule has 4 nitrogen and oxygen atoms in total. The van der Waals surface area contributed by atoms with Gasteiger partial charge < -0.3 is 4.52 Å². The van der Waals surface area contributed by atoms with Crippen LogP contribution in [-0.2, 0) is 12.5 Å². The summed E-state index contributed by atoms with van der Waals surface area (Å²) in [7, 11) is 1.95. The number of rotatable bonds is 1. The van der Waals surface area contributed by atoms with E-state index in [1.807, 2.05) is 17.8 Å². The molecule has 0 aromatic carbocycles. The summed E-state index contributed by atoms with van der Waals surface area (Å²) in [5, 5.41) is 8.29. The molecular weight excluding hydrogens is 190 g/mol. The number of hydrogen-bond donors (Lipinski definition) is 0. The Hall–Kier alpha value is -1.58. The van der Waals surface area contributed by atoms with E-state index in [0.717, 1.165) is 11.4 Å². The summed E-state index contributed by atoms with van der Waals surface area (Å²) < 4.78 is 6.70. The summed E-state index contributed by atoms with van der Waals surface area (Å²) in [6, 6.07) is 3.87. The highest BCUT2D eigenvalue weighted by molar-refractivity contribution is 5.53. The lowest BCUT2D eigenvalue weighted by Crippen LogP contribution is -2.16. The maximum atomic E-state index is 4.80. The van der Waals surface area contributed by atoms with E-state index in [1.165, 1.54) is 5.69 Å². The van der Waals surface area contributed by atoms with Crippen molar-refractivity contribution in [2.24, 2.45) is 7.05 Å². The molecule has 0 N–H and O–H groups in total. The zero-order valence-electron chi connectivity index (χ0n) is 9.48.